The molecule has 0 amide bonds. The number of fused-ring (bicyclic) bond motifs is 1. The van der Waals surface area contributed by atoms with Crippen LogP contribution >= 0.6 is 0 Å². The molecule has 7 heteroatoms. The van der Waals surface area contributed by atoms with Gasteiger partial charge in [-0.2, -0.15) is 5.10 Å². The fourth-order valence-electron chi connectivity index (χ4n) is 2.43. The van der Waals surface area contributed by atoms with Crippen LogP contribution in [0.3, 0.4) is 0 Å². The number of aryl methyl sites for hydroxylation is 1. The van der Waals surface area contributed by atoms with E-state index < -0.39 is 5.97 Å². The number of nitrogens with zero attached hydrogens (tertiary/aromatic N) is 4. The number of ether oxygens (including phenoxy) is 2. The smallest absolute Gasteiger partial charge is 0.343 e. The van der Waals surface area contributed by atoms with Gasteiger partial charge in [0.25, 0.3) is 0 Å². The third-order valence-corrected chi connectivity index (χ3v) is 3.59. The van der Waals surface area contributed by atoms with Gasteiger partial charge in [0.1, 0.15) is 11.9 Å². The van der Waals surface area contributed by atoms with Crippen LogP contribution in [-0.2, 0) is 11.2 Å². The summed E-state index contributed by atoms with van der Waals surface area (Å²) in [6.45, 7) is 2.00. The van der Waals surface area contributed by atoms with Crippen molar-refractivity contribution >= 4 is 11.6 Å². The molecule has 3 aromatic heterocycles. The second-order valence-corrected chi connectivity index (χ2v) is 4.88. The summed E-state index contributed by atoms with van der Waals surface area (Å²) in [5.74, 6) is -0.231. The molecule has 0 aromatic carbocycles. The zero-order chi connectivity index (χ0) is 16.4. The molecule has 3 aromatic rings. The number of hydrogen-bond acceptors (Lipinski definition) is 6. The third-order valence-electron chi connectivity index (χ3n) is 3.59. The zero-order valence-corrected chi connectivity index (χ0v) is 13.1. The van der Waals surface area contributed by atoms with E-state index in [1.807, 2.05) is 25.3 Å². The molecule has 3 heterocycles. The molecule has 0 spiro atoms. The standard InChI is InChI=1S/C16H16N4O3/c1-4-10-7-12(16(21)23-3)15(22-2)19-14(10)11-5-6-13-17-9-18-20(13)8-11/h5-9H,4H2,1-3H3. The Hall–Kier alpha value is -2.96. The van der Waals surface area contributed by atoms with Gasteiger partial charge in [-0.15, -0.1) is 0 Å². The topological polar surface area (TPSA) is 78.6 Å². The SMILES string of the molecule is CCc1cc(C(=O)OC)c(OC)nc1-c1ccc2ncnn2c1. The Morgan fingerprint density at radius 2 is 2.13 bits per heavy atom. The fraction of sp³-hybridized carbons (Fsp3) is 0.250. The second kappa shape index (κ2) is 6.04. The maximum atomic E-state index is 11.9. The number of esters is 1. The van der Waals surface area contributed by atoms with Crippen LogP contribution in [0.4, 0.5) is 0 Å². The van der Waals surface area contributed by atoms with Crippen molar-refractivity contribution in [2.75, 3.05) is 14.2 Å². The van der Waals surface area contributed by atoms with Crippen LogP contribution in [0.1, 0.15) is 22.8 Å². The molecule has 0 saturated carbocycles. The Bertz CT molecular complexity index is 873. The average molecular weight is 312 g/mol. The number of pyridine rings is 2. The average Bonchev–Trinajstić information content (AvgIpc) is 3.07. The van der Waals surface area contributed by atoms with Crippen LogP contribution in [0.5, 0.6) is 5.88 Å². The fourth-order valence-corrected chi connectivity index (χ4v) is 2.43. The lowest BCUT2D eigenvalue weighted by Gasteiger charge is -2.13. The van der Waals surface area contributed by atoms with Gasteiger partial charge in [0.15, 0.2) is 5.65 Å². The Kier molecular flexibility index (Phi) is 3.92. The summed E-state index contributed by atoms with van der Waals surface area (Å²) in [7, 11) is 2.81. The summed E-state index contributed by atoms with van der Waals surface area (Å²) in [5.41, 5.74) is 3.61. The first-order valence-corrected chi connectivity index (χ1v) is 7.14. The van der Waals surface area contributed by atoms with Crippen LogP contribution in [-0.4, -0.2) is 39.8 Å². The van der Waals surface area contributed by atoms with Gasteiger partial charge in [0.2, 0.25) is 5.88 Å². The Morgan fingerprint density at radius 1 is 1.30 bits per heavy atom. The summed E-state index contributed by atoms with van der Waals surface area (Å²) in [6.07, 6.45) is 4.06. The van der Waals surface area contributed by atoms with Gasteiger partial charge >= 0.3 is 5.97 Å². The molecule has 0 aliphatic rings. The summed E-state index contributed by atoms with van der Waals surface area (Å²) >= 11 is 0. The van der Waals surface area contributed by atoms with Gasteiger partial charge in [-0.25, -0.2) is 19.3 Å². The minimum Gasteiger partial charge on any atom is -0.480 e. The van der Waals surface area contributed by atoms with E-state index in [4.69, 9.17) is 9.47 Å². The van der Waals surface area contributed by atoms with Crippen molar-refractivity contribution in [3.8, 4) is 17.1 Å². The van der Waals surface area contributed by atoms with Crippen molar-refractivity contribution in [3.05, 3.63) is 41.9 Å². The van der Waals surface area contributed by atoms with Gasteiger partial charge in [-0.3, -0.25) is 0 Å². The number of rotatable bonds is 4. The van der Waals surface area contributed by atoms with E-state index >= 15 is 0 Å². The second-order valence-electron chi connectivity index (χ2n) is 4.88. The normalized spacial score (nSPS) is 10.7. The van der Waals surface area contributed by atoms with Crippen molar-refractivity contribution in [1.29, 1.82) is 0 Å². The van der Waals surface area contributed by atoms with Crippen molar-refractivity contribution in [3.63, 3.8) is 0 Å². The van der Waals surface area contributed by atoms with Gasteiger partial charge in [0, 0.05) is 11.8 Å². The predicted molar refractivity (Wildman–Crippen MR) is 83.5 cm³/mol. The largest absolute Gasteiger partial charge is 0.480 e. The van der Waals surface area contributed by atoms with Crippen LogP contribution in [0, 0.1) is 0 Å². The van der Waals surface area contributed by atoms with Crippen LogP contribution in [0.15, 0.2) is 30.7 Å². The third kappa shape index (κ3) is 2.61. The molecular weight excluding hydrogens is 296 g/mol. The number of hydrogen-bond donors (Lipinski definition) is 0. The Balaban J connectivity index is 2.19. The molecule has 0 radical (unpaired) electrons. The first kappa shape index (κ1) is 15.0. The van der Waals surface area contributed by atoms with Crippen LogP contribution < -0.4 is 4.74 Å². The Labute approximate surface area is 132 Å². The van der Waals surface area contributed by atoms with E-state index in [0.717, 1.165) is 22.5 Å². The molecule has 23 heavy (non-hydrogen) atoms. The number of carbonyl (C=O) groups is 1. The lowest BCUT2D eigenvalue weighted by molar-refractivity contribution is 0.0596. The summed E-state index contributed by atoms with van der Waals surface area (Å²) in [4.78, 5) is 20.5. The molecule has 0 aliphatic carbocycles. The minimum absolute atomic E-state index is 0.239. The number of carbonyl (C=O) groups excluding carboxylic acids is 1. The molecule has 0 N–H and O–H groups in total. The molecule has 0 aliphatic heterocycles. The molecule has 3 rings (SSSR count). The lowest BCUT2D eigenvalue weighted by atomic mass is 10.0. The van der Waals surface area contributed by atoms with Gasteiger partial charge in [0.05, 0.1) is 19.9 Å². The van der Waals surface area contributed by atoms with Crippen molar-refractivity contribution in [1.82, 2.24) is 19.6 Å². The summed E-state index contributed by atoms with van der Waals surface area (Å²) in [6, 6.07) is 5.55. The van der Waals surface area contributed by atoms with E-state index in [9.17, 15) is 4.79 Å². The highest BCUT2D eigenvalue weighted by Gasteiger charge is 2.19. The first-order chi connectivity index (χ1) is 11.2. The van der Waals surface area contributed by atoms with E-state index in [0.29, 0.717) is 12.0 Å². The molecule has 7 nitrogen and oxygen atoms in total. The van der Waals surface area contributed by atoms with Gasteiger partial charge < -0.3 is 9.47 Å². The van der Waals surface area contributed by atoms with E-state index in [-0.39, 0.29) is 5.88 Å². The van der Waals surface area contributed by atoms with Crippen molar-refractivity contribution in [2.45, 2.75) is 13.3 Å². The molecule has 0 bridgehead atoms. The maximum Gasteiger partial charge on any atom is 0.343 e. The van der Waals surface area contributed by atoms with Crippen LogP contribution in [0.2, 0.25) is 0 Å². The summed E-state index contributed by atoms with van der Waals surface area (Å²) in [5, 5.41) is 4.13. The van der Waals surface area contributed by atoms with Crippen molar-refractivity contribution < 1.29 is 14.3 Å². The van der Waals surface area contributed by atoms with Gasteiger partial charge in [-0.05, 0) is 30.2 Å². The highest BCUT2D eigenvalue weighted by atomic mass is 16.5. The highest BCUT2D eigenvalue weighted by Crippen LogP contribution is 2.28. The molecule has 118 valence electrons. The monoisotopic (exact) mass is 312 g/mol. The van der Waals surface area contributed by atoms with Gasteiger partial charge in [-0.1, -0.05) is 6.92 Å². The number of aromatic nitrogens is 4. The Morgan fingerprint density at radius 3 is 2.83 bits per heavy atom. The van der Waals surface area contributed by atoms with Crippen molar-refractivity contribution in [2.24, 2.45) is 0 Å². The predicted octanol–water partition coefficient (Wildman–Crippen LogP) is 2.15. The van der Waals surface area contributed by atoms with E-state index in [1.165, 1.54) is 20.5 Å². The molecule has 0 saturated heterocycles. The van der Waals surface area contributed by atoms with Crippen LogP contribution in [0.25, 0.3) is 16.9 Å². The quantitative estimate of drug-likeness (QED) is 0.687. The molecule has 0 atom stereocenters. The maximum absolute atomic E-state index is 11.9. The molecule has 0 unspecified atom stereocenters. The van der Waals surface area contributed by atoms with E-state index in [1.54, 1.807) is 10.6 Å². The highest BCUT2D eigenvalue weighted by molar-refractivity contribution is 5.92. The molecule has 0 fully saturated rings. The lowest BCUT2D eigenvalue weighted by Crippen LogP contribution is -2.08. The zero-order valence-electron chi connectivity index (χ0n) is 13.1. The van der Waals surface area contributed by atoms with E-state index in [2.05, 4.69) is 15.1 Å². The summed E-state index contributed by atoms with van der Waals surface area (Å²) < 4.78 is 11.7. The minimum atomic E-state index is -0.470. The molecular formula is C16H16N4O3. The number of methoxy groups -OCH3 is 2. The first-order valence-electron chi connectivity index (χ1n) is 7.14.